The number of amides is 1. The Morgan fingerprint density at radius 3 is 2.59 bits per heavy atom. The van der Waals surface area contributed by atoms with E-state index in [4.69, 9.17) is 0 Å². The third-order valence-electron chi connectivity index (χ3n) is 5.11. The predicted molar refractivity (Wildman–Crippen MR) is 116 cm³/mol. The number of aromatic nitrogens is 2. The highest BCUT2D eigenvalue weighted by Gasteiger charge is 2.16. The molecule has 2 aromatic heterocycles. The van der Waals surface area contributed by atoms with Gasteiger partial charge >= 0.3 is 0 Å². The molecule has 6 heteroatoms. The Morgan fingerprint density at radius 2 is 1.86 bits per heavy atom. The standard InChI is InChI=1S/C23H28N4O2/c1-3-26(4-2)15-9-14-25-22(28)20-16-19-12-8-13-24-21(19)27(23(20)29)17-18-10-6-5-7-11-18/h5-8,10-13,16H,3-4,9,14-15,17H2,1-2H3,(H,25,28). The van der Waals surface area contributed by atoms with E-state index in [0.29, 0.717) is 18.7 Å². The first-order chi connectivity index (χ1) is 14.1. The van der Waals surface area contributed by atoms with E-state index in [1.54, 1.807) is 16.8 Å². The van der Waals surface area contributed by atoms with Gasteiger partial charge in [0.1, 0.15) is 11.2 Å². The molecule has 6 nitrogen and oxygen atoms in total. The van der Waals surface area contributed by atoms with Gasteiger partial charge in [-0.15, -0.1) is 0 Å². The molecule has 0 spiro atoms. The van der Waals surface area contributed by atoms with Crippen LogP contribution in [0, 0.1) is 0 Å². The Hall–Kier alpha value is -2.99. The van der Waals surface area contributed by atoms with Gasteiger partial charge in [-0.05, 0) is 49.8 Å². The molecular weight excluding hydrogens is 364 g/mol. The lowest BCUT2D eigenvalue weighted by molar-refractivity contribution is 0.0950. The first-order valence-corrected chi connectivity index (χ1v) is 10.2. The topological polar surface area (TPSA) is 67.2 Å². The molecule has 0 atom stereocenters. The van der Waals surface area contributed by atoms with Crippen molar-refractivity contribution in [3.05, 3.63) is 76.2 Å². The zero-order valence-electron chi connectivity index (χ0n) is 17.1. The summed E-state index contributed by atoms with van der Waals surface area (Å²) in [5.74, 6) is -0.331. The highest BCUT2D eigenvalue weighted by atomic mass is 16.2. The van der Waals surface area contributed by atoms with Crippen LogP contribution >= 0.6 is 0 Å². The number of hydrogen-bond acceptors (Lipinski definition) is 4. The summed E-state index contributed by atoms with van der Waals surface area (Å²) in [7, 11) is 0. The van der Waals surface area contributed by atoms with E-state index in [2.05, 4.69) is 29.0 Å². The zero-order chi connectivity index (χ0) is 20.6. The Labute approximate surface area is 171 Å². The van der Waals surface area contributed by atoms with Crippen LogP contribution < -0.4 is 10.9 Å². The van der Waals surface area contributed by atoms with E-state index in [1.807, 2.05) is 42.5 Å². The molecule has 0 radical (unpaired) electrons. The van der Waals surface area contributed by atoms with Crippen LogP contribution in [0.3, 0.4) is 0 Å². The molecule has 0 aliphatic heterocycles. The van der Waals surface area contributed by atoms with Gasteiger partial charge < -0.3 is 10.2 Å². The van der Waals surface area contributed by atoms with Gasteiger partial charge in [-0.3, -0.25) is 14.2 Å². The molecule has 2 heterocycles. The molecule has 1 N–H and O–H groups in total. The summed E-state index contributed by atoms with van der Waals surface area (Å²) in [6.45, 7) is 8.07. The lowest BCUT2D eigenvalue weighted by Gasteiger charge is -2.17. The second kappa shape index (κ2) is 9.98. The molecule has 0 saturated heterocycles. The summed E-state index contributed by atoms with van der Waals surface area (Å²) >= 11 is 0. The van der Waals surface area contributed by atoms with Crippen LogP contribution in [0.4, 0.5) is 0 Å². The summed E-state index contributed by atoms with van der Waals surface area (Å²) in [6, 6.07) is 15.1. The fraction of sp³-hybridized carbons (Fsp3) is 0.348. The zero-order valence-corrected chi connectivity index (χ0v) is 17.1. The predicted octanol–water partition coefficient (Wildman–Crippen LogP) is 2.91. The average Bonchev–Trinajstić information content (AvgIpc) is 2.76. The largest absolute Gasteiger partial charge is 0.352 e. The van der Waals surface area contributed by atoms with Gasteiger partial charge in [0, 0.05) is 18.1 Å². The van der Waals surface area contributed by atoms with E-state index in [1.165, 1.54) is 0 Å². The van der Waals surface area contributed by atoms with E-state index < -0.39 is 0 Å². The minimum Gasteiger partial charge on any atom is -0.352 e. The van der Waals surface area contributed by atoms with Gasteiger partial charge in [-0.1, -0.05) is 44.2 Å². The second-order valence-electron chi connectivity index (χ2n) is 6.99. The van der Waals surface area contributed by atoms with Crippen molar-refractivity contribution in [2.75, 3.05) is 26.2 Å². The lowest BCUT2D eigenvalue weighted by atomic mass is 10.1. The van der Waals surface area contributed by atoms with Gasteiger partial charge in [0.25, 0.3) is 11.5 Å². The van der Waals surface area contributed by atoms with Gasteiger partial charge in [-0.25, -0.2) is 4.98 Å². The van der Waals surface area contributed by atoms with E-state index in [9.17, 15) is 9.59 Å². The normalized spacial score (nSPS) is 11.1. The van der Waals surface area contributed by atoms with Crippen LogP contribution in [0.5, 0.6) is 0 Å². The van der Waals surface area contributed by atoms with Gasteiger partial charge in [-0.2, -0.15) is 0 Å². The number of hydrogen-bond donors (Lipinski definition) is 1. The SMILES string of the molecule is CCN(CC)CCCNC(=O)c1cc2cccnc2n(Cc2ccccc2)c1=O. The smallest absolute Gasteiger partial charge is 0.265 e. The first kappa shape index (κ1) is 20.7. The van der Waals surface area contributed by atoms with Gasteiger partial charge in [0.2, 0.25) is 0 Å². The van der Waals surface area contributed by atoms with Gasteiger partial charge in [0.05, 0.1) is 6.54 Å². The van der Waals surface area contributed by atoms with E-state index >= 15 is 0 Å². The number of carbonyl (C=O) groups excluding carboxylic acids is 1. The fourth-order valence-electron chi connectivity index (χ4n) is 3.42. The Balaban J connectivity index is 1.83. The van der Waals surface area contributed by atoms with E-state index in [-0.39, 0.29) is 17.0 Å². The third-order valence-corrected chi connectivity index (χ3v) is 5.11. The second-order valence-corrected chi connectivity index (χ2v) is 6.99. The van der Waals surface area contributed by atoms with Crippen molar-refractivity contribution in [3.8, 4) is 0 Å². The van der Waals surface area contributed by atoms with Crippen molar-refractivity contribution in [1.29, 1.82) is 0 Å². The van der Waals surface area contributed by atoms with Crippen molar-refractivity contribution < 1.29 is 4.79 Å². The number of pyridine rings is 2. The van der Waals surface area contributed by atoms with Crippen LogP contribution in [0.1, 0.15) is 36.2 Å². The molecule has 3 aromatic rings. The van der Waals surface area contributed by atoms with Crippen LogP contribution in [0.2, 0.25) is 0 Å². The van der Waals surface area contributed by atoms with Crippen molar-refractivity contribution in [3.63, 3.8) is 0 Å². The van der Waals surface area contributed by atoms with Crippen molar-refractivity contribution >= 4 is 16.9 Å². The van der Waals surface area contributed by atoms with E-state index in [0.717, 1.165) is 37.0 Å². The maximum Gasteiger partial charge on any atom is 0.265 e. The molecule has 152 valence electrons. The molecule has 0 fully saturated rings. The minimum atomic E-state index is -0.331. The average molecular weight is 393 g/mol. The molecule has 0 aliphatic carbocycles. The highest BCUT2D eigenvalue weighted by molar-refractivity contribution is 5.96. The molecule has 0 aliphatic rings. The van der Waals surface area contributed by atoms with Crippen molar-refractivity contribution in [2.24, 2.45) is 0 Å². The molecule has 0 unspecified atom stereocenters. The molecule has 0 saturated carbocycles. The summed E-state index contributed by atoms with van der Waals surface area (Å²) in [5, 5.41) is 3.67. The van der Waals surface area contributed by atoms with Crippen LogP contribution in [-0.4, -0.2) is 46.5 Å². The fourth-order valence-corrected chi connectivity index (χ4v) is 3.42. The number of rotatable bonds is 9. The first-order valence-electron chi connectivity index (χ1n) is 10.2. The quantitative estimate of drug-likeness (QED) is 0.569. The third kappa shape index (κ3) is 5.09. The summed E-state index contributed by atoms with van der Waals surface area (Å²) < 4.78 is 1.58. The lowest BCUT2D eigenvalue weighted by Crippen LogP contribution is -2.35. The number of nitrogens with zero attached hydrogens (tertiary/aromatic N) is 3. The number of benzene rings is 1. The molecule has 29 heavy (non-hydrogen) atoms. The Kier molecular flexibility index (Phi) is 7.14. The number of nitrogens with one attached hydrogen (secondary N) is 1. The van der Waals surface area contributed by atoms with Crippen LogP contribution in [0.25, 0.3) is 11.0 Å². The number of carbonyl (C=O) groups is 1. The summed E-state index contributed by atoms with van der Waals surface area (Å²) in [4.78, 5) is 32.5. The maximum absolute atomic E-state index is 13.1. The van der Waals surface area contributed by atoms with Crippen molar-refractivity contribution in [2.45, 2.75) is 26.8 Å². The Morgan fingerprint density at radius 1 is 1.10 bits per heavy atom. The summed E-state index contributed by atoms with van der Waals surface area (Å²) in [6.07, 6.45) is 2.51. The van der Waals surface area contributed by atoms with Crippen molar-refractivity contribution in [1.82, 2.24) is 19.8 Å². The molecule has 1 aromatic carbocycles. The Bertz CT molecular complexity index is 1010. The minimum absolute atomic E-state index is 0.157. The maximum atomic E-state index is 13.1. The molecule has 0 bridgehead atoms. The summed E-state index contributed by atoms with van der Waals surface area (Å²) in [5.41, 5.74) is 1.41. The van der Waals surface area contributed by atoms with Gasteiger partial charge in [0.15, 0.2) is 0 Å². The van der Waals surface area contributed by atoms with Crippen LogP contribution in [-0.2, 0) is 6.54 Å². The van der Waals surface area contributed by atoms with Crippen LogP contribution in [0.15, 0.2) is 59.5 Å². The highest BCUT2D eigenvalue weighted by Crippen LogP contribution is 2.13. The monoisotopic (exact) mass is 392 g/mol. The number of fused-ring (bicyclic) bond motifs is 1. The molecular formula is C23H28N4O2. The molecule has 1 amide bonds. The molecule has 3 rings (SSSR count).